The molecule has 2 aliphatic carbocycles. The van der Waals surface area contributed by atoms with E-state index in [9.17, 15) is 37.2 Å². The van der Waals surface area contributed by atoms with Crippen molar-refractivity contribution in [3.8, 4) is 0 Å². The first kappa shape index (κ1) is 42.6. The summed E-state index contributed by atoms with van der Waals surface area (Å²) >= 11 is 0. The van der Waals surface area contributed by atoms with Gasteiger partial charge >= 0.3 is 12.2 Å². The van der Waals surface area contributed by atoms with E-state index in [1.54, 1.807) is 47.6 Å². The number of sulfonamides is 1. The van der Waals surface area contributed by atoms with Gasteiger partial charge in [-0.2, -0.15) is 0 Å². The summed E-state index contributed by atoms with van der Waals surface area (Å²) < 4.78 is 44.8. The van der Waals surface area contributed by atoms with Gasteiger partial charge in [-0.15, -0.1) is 6.58 Å². The molecule has 6 amide bonds. The minimum Gasteiger partial charge on any atom is -0.444 e. The van der Waals surface area contributed by atoms with Crippen molar-refractivity contribution >= 4 is 51.9 Å². The van der Waals surface area contributed by atoms with Crippen molar-refractivity contribution in [2.75, 3.05) is 19.8 Å². The van der Waals surface area contributed by atoms with Crippen LogP contribution in [-0.2, 0) is 56.5 Å². The van der Waals surface area contributed by atoms with E-state index < -0.39 is 97.8 Å². The lowest BCUT2D eigenvalue weighted by Gasteiger charge is -2.36. The molecular weight excluding hydrogens is 773 g/mol. The van der Waals surface area contributed by atoms with Gasteiger partial charge in [0.05, 0.1) is 31.6 Å². The number of nitrogens with zero attached hydrogens (tertiary/aromatic N) is 2. The molecule has 5 aliphatic rings. The second-order valence-electron chi connectivity index (χ2n) is 17.7. The first-order chi connectivity index (χ1) is 27.1. The van der Waals surface area contributed by atoms with Crippen LogP contribution in [0.3, 0.4) is 0 Å². The molecule has 4 N–H and O–H groups in total. The van der Waals surface area contributed by atoms with Crippen LogP contribution >= 0.6 is 0 Å². The minimum atomic E-state index is -3.96. The molecule has 1 saturated heterocycles. The van der Waals surface area contributed by atoms with E-state index >= 15 is 0 Å². The molecule has 3 fully saturated rings. The molecule has 18 heteroatoms. The van der Waals surface area contributed by atoms with Gasteiger partial charge in [0.15, 0.2) is 0 Å². The van der Waals surface area contributed by atoms with Gasteiger partial charge in [-0.1, -0.05) is 57.2 Å². The van der Waals surface area contributed by atoms with E-state index in [0.717, 1.165) is 16.7 Å². The minimum absolute atomic E-state index is 0.0574. The van der Waals surface area contributed by atoms with Crippen LogP contribution < -0.4 is 20.7 Å². The smallest absolute Gasteiger partial charge is 0.410 e. The van der Waals surface area contributed by atoms with Crippen molar-refractivity contribution in [3.63, 3.8) is 0 Å². The van der Waals surface area contributed by atoms with Crippen LogP contribution in [0, 0.1) is 11.3 Å². The highest BCUT2D eigenvalue weighted by molar-refractivity contribution is 7.91. The Morgan fingerprint density at radius 3 is 2.43 bits per heavy atom. The van der Waals surface area contributed by atoms with Crippen LogP contribution in [-0.4, -0.2) is 114 Å². The fraction of sp³-hybridized carbons (Fsp3) is 0.600. The average Bonchev–Trinajstić information content (AvgIpc) is 4.01. The Labute approximate surface area is 338 Å². The fourth-order valence-electron chi connectivity index (χ4n) is 7.46. The number of carbonyl (C=O) groups is 6. The third-order valence-corrected chi connectivity index (χ3v) is 12.7. The Kier molecular flexibility index (Phi) is 11.8. The summed E-state index contributed by atoms with van der Waals surface area (Å²) in [7, 11) is -3.96. The van der Waals surface area contributed by atoms with E-state index in [1.807, 2.05) is 24.3 Å². The third kappa shape index (κ3) is 9.49. The maximum atomic E-state index is 14.7. The number of carbonyl (C=O) groups excluding carboxylic acids is 6. The van der Waals surface area contributed by atoms with Crippen LogP contribution in [0.15, 0.2) is 36.9 Å². The lowest BCUT2D eigenvalue weighted by molar-refractivity contribution is -0.145. The summed E-state index contributed by atoms with van der Waals surface area (Å²) in [6.45, 7) is 14.0. The Morgan fingerprint density at radius 2 is 1.79 bits per heavy atom. The van der Waals surface area contributed by atoms with E-state index in [4.69, 9.17) is 14.2 Å². The number of ether oxygens (including phenoxy) is 3. The van der Waals surface area contributed by atoms with Crippen molar-refractivity contribution in [1.82, 2.24) is 30.5 Å². The molecule has 1 aromatic rings. The number of alkyl carbamates (subject to hydrolysis) is 1. The first-order valence-corrected chi connectivity index (χ1v) is 21.1. The molecular formula is C40H54N6O11S. The van der Waals surface area contributed by atoms with Gasteiger partial charge in [0.2, 0.25) is 27.7 Å². The van der Waals surface area contributed by atoms with E-state index in [2.05, 4.69) is 27.3 Å². The highest BCUT2D eigenvalue weighted by Gasteiger charge is 2.62. The number of nitrogens with one attached hydrogen (secondary N) is 4. The maximum Gasteiger partial charge on any atom is 0.410 e. The summed E-state index contributed by atoms with van der Waals surface area (Å²) in [6.07, 6.45) is 3.31. The van der Waals surface area contributed by atoms with Crippen LogP contribution in [0.1, 0.15) is 83.9 Å². The van der Waals surface area contributed by atoms with Crippen LogP contribution in [0.2, 0.25) is 0 Å². The monoisotopic (exact) mass is 826 g/mol. The maximum absolute atomic E-state index is 14.7. The van der Waals surface area contributed by atoms with E-state index in [0.29, 0.717) is 12.8 Å². The Bertz CT molecular complexity index is 2000. The highest BCUT2D eigenvalue weighted by Crippen LogP contribution is 2.45. The van der Waals surface area contributed by atoms with Crippen molar-refractivity contribution in [1.29, 1.82) is 0 Å². The van der Waals surface area contributed by atoms with Gasteiger partial charge in [0.1, 0.15) is 35.4 Å². The number of hydrogen-bond donors (Lipinski definition) is 4. The largest absolute Gasteiger partial charge is 0.444 e. The second-order valence-corrected chi connectivity index (χ2v) is 19.7. The molecule has 0 aromatic heterocycles. The molecule has 3 heterocycles. The predicted octanol–water partition coefficient (Wildman–Crippen LogP) is 2.25. The summed E-state index contributed by atoms with van der Waals surface area (Å²) in [5.74, 6) is -3.73. The topological polar surface area (TPSA) is 219 Å². The lowest BCUT2D eigenvalue weighted by atomic mass is 9.85. The summed E-state index contributed by atoms with van der Waals surface area (Å²) in [5.41, 5.74) is -0.827. The number of rotatable bonds is 7. The highest BCUT2D eigenvalue weighted by atomic mass is 32.2. The molecule has 3 aliphatic heterocycles. The molecule has 4 bridgehead atoms. The van der Waals surface area contributed by atoms with Crippen molar-refractivity contribution in [2.45, 2.75) is 121 Å². The van der Waals surface area contributed by atoms with Crippen molar-refractivity contribution in [3.05, 3.63) is 53.6 Å². The van der Waals surface area contributed by atoms with Gasteiger partial charge in [0.25, 0.3) is 5.91 Å². The molecule has 316 valence electrons. The number of fused-ring (bicyclic) bond motifs is 3. The molecule has 0 spiro atoms. The molecule has 6 rings (SSSR count). The molecule has 6 atom stereocenters. The Balaban J connectivity index is 1.32. The standard InChI is InChI=1S/C40H54N6O11S/c1-8-25-18-40(25,35(50)44-58(53,54)27-14-15-27)43-33(48)30-17-26-20-46(30)34(49)31(38(2,3)4)42-32(47)29(41-36(51)57-39(5,6)7)22-55-16-10-13-23-11-9-12-24-19-45(21-28(23)24)37(52)56-26/h8-13,25-27,29-31H,1,14-22H2,2-7H3,(H,41,51)(H,42,47)(H,43,48)(H,44,50)/b13-10+/t25-,26-,29-,30+,31-,40-/m1/s1. The predicted molar refractivity (Wildman–Crippen MR) is 210 cm³/mol. The van der Waals surface area contributed by atoms with Gasteiger partial charge in [0, 0.05) is 18.9 Å². The SMILES string of the molecule is C=C[C@@H]1C[C@]1(NC(=O)[C@@H]1C[C@@H]2CN1C(=O)[C@H](C(C)(C)C)NC(=O)[C@H](NC(=O)OC(C)(C)C)COC/C=C/c1cccc3c1CN(C3)C(=O)O2)C(=O)NS(=O)(=O)C1CC1. The van der Waals surface area contributed by atoms with E-state index in [1.165, 1.54) is 15.9 Å². The van der Waals surface area contributed by atoms with E-state index in [-0.39, 0.29) is 45.7 Å². The third-order valence-electron chi connectivity index (χ3n) is 10.8. The van der Waals surface area contributed by atoms with Gasteiger partial charge in [-0.05, 0) is 62.1 Å². The van der Waals surface area contributed by atoms with Crippen LogP contribution in [0.4, 0.5) is 9.59 Å². The molecule has 0 radical (unpaired) electrons. The quantitative estimate of drug-likeness (QED) is 0.292. The zero-order chi connectivity index (χ0) is 42.4. The van der Waals surface area contributed by atoms with Crippen LogP contribution in [0.25, 0.3) is 6.08 Å². The molecule has 2 saturated carbocycles. The summed E-state index contributed by atoms with van der Waals surface area (Å²) in [4.78, 5) is 86.0. The average molecular weight is 827 g/mol. The zero-order valence-corrected chi connectivity index (χ0v) is 34.6. The molecule has 0 unspecified atom stereocenters. The normalized spacial score (nSPS) is 28.5. The zero-order valence-electron chi connectivity index (χ0n) is 33.8. The molecule has 58 heavy (non-hydrogen) atoms. The van der Waals surface area contributed by atoms with Crippen molar-refractivity contribution < 1.29 is 51.4 Å². The fourth-order valence-corrected chi connectivity index (χ4v) is 8.83. The van der Waals surface area contributed by atoms with Gasteiger partial charge in [-0.3, -0.25) is 28.8 Å². The first-order valence-electron chi connectivity index (χ1n) is 19.5. The number of benzene rings is 1. The van der Waals surface area contributed by atoms with Gasteiger partial charge in [-0.25, -0.2) is 18.0 Å². The van der Waals surface area contributed by atoms with Crippen LogP contribution in [0.5, 0.6) is 0 Å². The number of hydrogen-bond acceptors (Lipinski definition) is 11. The summed E-state index contributed by atoms with van der Waals surface area (Å²) in [5, 5.41) is 7.36. The Hall–Kier alpha value is -4.97. The molecule has 1 aromatic carbocycles. The Morgan fingerprint density at radius 1 is 1.07 bits per heavy atom. The lowest BCUT2D eigenvalue weighted by Crippen LogP contribution is -2.62. The van der Waals surface area contributed by atoms with Gasteiger partial charge < -0.3 is 35.1 Å². The molecule has 17 nitrogen and oxygen atoms in total. The summed E-state index contributed by atoms with van der Waals surface area (Å²) in [6, 6.07) is 1.77. The van der Waals surface area contributed by atoms with Crippen molar-refractivity contribution in [2.24, 2.45) is 11.3 Å². The second kappa shape index (κ2) is 16.0. The number of amides is 6.